The Morgan fingerprint density at radius 1 is 1.07 bits per heavy atom. The summed E-state index contributed by atoms with van der Waals surface area (Å²) in [4.78, 5) is 22.8. The zero-order valence-electron chi connectivity index (χ0n) is 15.6. The molecule has 3 rings (SSSR count). The minimum atomic E-state index is -0.855. The molecule has 0 saturated carbocycles. The van der Waals surface area contributed by atoms with Crippen molar-refractivity contribution in [3.8, 4) is 0 Å². The van der Waals surface area contributed by atoms with Gasteiger partial charge in [0.2, 0.25) is 0 Å². The van der Waals surface area contributed by atoms with Gasteiger partial charge < -0.3 is 10.2 Å². The molecule has 0 saturated heterocycles. The maximum atomic E-state index is 13.7. The SMILES string of the molecule is CC(C)N(Cc1ccccc1)c1cnc(C(=O)Nc2ccc(F)cc2F)cn1. The van der Waals surface area contributed by atoms with Crippen LogP contribution in [0.2, 0.25) is 0 Å². The van der Waals surface area contributed by atoms with Gasteiger partial charge >= 0.3 is 0 Å². The summed E-state index contributed by atoms with van der Waals surface area (Å²) in [6.45, 7) is 4.74. The van der Waals surface area contributed by atoms with Gasteiger partial charge in [-0.1, -0.05) is 30.3 Å². The summed E-state index contributed by atoms with van der Waals surface area (Å²) in [5, 5.41) is 2.37. The third kappa shape index (κ3) is 4.68. The maximum absolute atomic E-state index is 13.7. The van der Waals surface area contributed by atoms with Crippen molar-refractivity contribution < 1.29 is 13.6 Å². The van der Waals surface area contributed by atoms with Crippen molar-refractivity contribution in [2.75, 3.05) is 10.2 Å². The van der Waals surface area contributed by atoms with Crippen molar-refractivity contribution >= 4 is 17.4 Å². The summed E-state index contributed by atoms with van der Waals surface area (Å²) in [6.07, 6.45) is 2.85. The Kier molecular flexibility index (Phi) is 5.93. The lowest BCUT2D eigenvalue weighted by Gasteiger charge is -2.27. The lowest BCUT2D eigenvalue weighted by molar-refractivity contribution is 0.102. The van der Waals surface area contributed by atoms with Crippen molar-refractivity contribution in [2.24, 2.45) is 0 Å². The Bertz CT molecular complexity index is 946. The first-order chi connectivity index (χ1) is 13.4. The summed E-state index contributed by atoms with van der Waals surface area (Å²) >= 11 is 0. The molecular weight excluding hydrogens is 362 g/mol. The van der Waals surface area contributed by atoms with Gasteiger partial charge in [-0.15, -0.1) is 0 Å². The van der Waals surface area contributed by atoms with E-state index in [1.807, 2.05) is 44.2 Å². The van der Waals surface area contributed by atoms with E-state index in [9.17, 15) is 13.6 Å². The van der Waals surface area contributed by atoms with Gasteiger partial charge in [0.15, 0.2) is 0 Å². The lowest BCUT2D eigenvalue weighted by Crippen LogP contribution is -2.31. The number of carbonyl (C=O) groups excluding carboxylic acids is 1. The largest absolute Gasteiger partial charge is 0.349 e. The number of hydrogen-bond donors (Lipinski definition) is 1. The maximum Gasteiger partial charge on any atom is 0.275 e. The molecule has 2 aromatic carbocycles. The zero-order chi connectivity index (χ0) is 20.1. The average Bonchev–Trinajstić information content (AvgIpc) is 2.69. The van der Waals surface area contributed by atoms with Crippen LogP contribution in [0, 0.1) is 11.6 Å². The molecule has 0 bridgehead atoms. The van der Waals surface area contributed by atoms with Crippen molar-refractivity contribution in [1.29, 1.82) is 0 Å². The molecule has 0 aliphatic rings. The highest BCUT2D eigenvalue weighted by Gasteiger charge is 2.16. The Balaban J connectivity index is 1.74. The summed E-state index contributed by atoms with van der Waals surface area (Å²) in [5.41, 5.74) is 1.05. The molecule has 1 aromatic heterocycles. The second-order valence-corrected chi connectivity index (χ2v) is 6.55. The van der Waals surface area contributed by atoms with E-state index >= 15 is 0 Å². The number of anilines is 2. The normalized spacial score (nSPS) is 10.8. The van der Waals surface area contributed by atoms with Crippen LogP contribution in [-0.4, -0.2) is 21.9 Å². The highest BCUT2D eigenvalue weighted by Crippen LogP contribution is 2.18. The molecular formula is C21H20F2N4O. The fraction of sp³-hybridized carbons (Fsp3) is 0.190. The third-order valence-corrected chi connectivity index (χ3v) is 4.16. The predicted octanol–water partition coefficient (Wildman–Crippen LogP) is 4.42. The van der Waals surface area contributed by atoms with E-state index in [2.05, 4.69) is 20.2 Å². The van der Waals surface area contributed by atoms with Crippen LogP contribution in [0.1, 0.15) is 29.9 Å². The summed E-state index contributed by atoms with van der Waals surface area (Å²) in [6, 6.07) is 13.1. The van der Waals surface area contributed by atoms with Crippen molar-refractivity contribution in [2.45, 2.75) is 26.4 Å². The van der Waals surface area contributed by atoms with Gasteiger partial charge in [0.25, 0.3) is 5.91 Å². The molecule has 0 unspecified atom stereocenters. The smallest absolute Gasteiger partial charge is 0.275 e. The van der Waals surface area contributed by atoms with E-state index in [1.165, 1.54) is 12.4 Å². The molecule has 0 spiro atoms. The van der Waals surface area contributed by atoms with Crippen LogP contribution in [0.5, 0.6) is 0 Å². The van der Waals surface area contributed by atoms with Gasteiger partial charge in [-0.2, -0.15) is 0 Å². The molecule has 1 amide bonds. The van der Waals surface area contributed by atoms with Crippen molar-refractivity contribution in [1.82, 2.24) is 9.97 Å². The summed E-state index contributed by atoms with van der Waals surface area (Å²) in [5.74, 6) is -1.56. The fourth-order valence-corrected chi connectivity index (χ4v) is 2.67. The van der Waals surface area contributed by atoms with Gasteiger partial charge in [0.05, 0.1) is 18.1 Å². The fourth-order valence-electron chi connectivity index (χ4n) is 2.67. The Morgan fingerprint density at radius 2 is 1.82 bits per heavy atom. The van der Waals surface area contributed by atoms with E-state index in [1.54, 1.807) is 0 Å². The minimum Gasteiger partial charge on any atom is -0.349 e. The first-order valence-corrected chi connectivity index (χ1v) is 8.83. The Labute approximate surface area is 162 Å². The number of aromatic nitrogens is 2. The number of nitrogens with zero attached hydrogens (tertiary/aromatic N) is 3. The van der Waals surface area contributed by atoms with E-state index < -0.39 is 17.5 Å². The second kappa shape index (κ2) is 8.56. The molecule has 0 fully saturated rings. The second-order valence-electron chi connectivity index (χ2n) is 6.55. The number of halogens is 2. The number of nitrogens with one attached hydrogen (secondary N) is 1. The van der Waals surface area contributed by atoms with Gasteiger partial charge in [0, 0.05) is 18.7 Å². The molecule has 0 aliphatic carbocycles. The number of hydrogen-bond acceptors (Lipinski definition) is 4. The zero-order valence-corrected chi connectivity index (χ0v) is 15.6. The van der Waals surface area contributed by atoms with Crippen LogP contribution in [-0.2, 0) is 6.54 Å². The van der Waals surface area contributed by atoms with Crippen molar-refractivity contribution in [3.63, 3.8) is 0 Å². The van der Waals surface area contributed by atoms with Crippen LogP contribution in [0.4, 0.5) is 20.3 Å². The molecule has 0 atom stereocenters. The topological polar surface area (TPSA) is 58.1 Å². The summed E-state index contributed by atoms with van der Waals surface area (Å²) < 4.78 is 26.7. The van der Waals surface area contributed by atoms with Crippen LogP contribution >= 0.6 is 0 Å². The molecule has 0 radical (unpaired) electrons. The van der Waals surface area contributed by atoms with Gasteiger partial charge in [-0.05, 0) is 31.5 Å². The van der Waals surface area contributed by atoms with Gasteiger partial charge in [-0.25, -0.2) is 18.7 Å². The van der Waals surface area contributed by atoms with E-state index in [-0.39, 0.29) is 17.4 Å². The molecule has 144 valence electrons. The molecule has 5 nitrogen and oxygen atoms in total. The number of amides is 1. The lowest BCUT2D eigenvalue weighted by atomic mass is 10.2. The number of carbonyl (C=O) groups is 1. The van der Waals surface area contributed by atoms with Crippen LogP contribution < -0.4 is 10.2 Å². The number of rotatable bonds is 6. The first-order valence-electron chi connectivity index (χ1n) is 8.83. The van der Waals surface area contributed by atoms with E-state index in [4.69, 9.17) is 0 Å². The minimum absolute atomic E-state index is 0.0379. The van der Waals surface area contributed by atoms with Crippen molar-refractivity contribution in [3.05, 3.63) is 83.8 Å². The Morgan fingerprint density at radius 3 is 2.43 bits per heavy atom. The first kappa shape index (κ1) is 19.4. The highest BCUT2D eigenvalue weighted by atomic mass is 19.1. The Hall–Kier alpha value is -3.35. The third-order valence-electron chi connectivity index (χ3n) is 4.16. The molecule has 1 N–H and O–H groups in total. The monoisotopic (exact) mass is 382 g/mol. The van der Waals surface area contributed by atoms with Crippen LogP contribution in [0.15, 0.2) is 60.9 Å². The van der Waals surface area contributed by atoms with E-state index in [0.29, 0.717) is 18.4 Å². The predicted molar refractivity (Wildman–Crippen MR) is 104 cm³/mol. The molecule has 7 heteroatoms. The molecule has 1 heterocycles. The summed E-state index contributed by atoms with van der Waals surface area (Å²) in [7, 11) is 0. The van der Waals surface area contributed by atoms with Crippen LogP contribution in [0.3, 0.4) is 0 Å². The average molecular weight is 382 g/mol. The quantitative estimate of drug-likeness (QED) is 0.686. The highest BCUT2D eigenvalue weighted by molar-refractivity contribution is 6.02. The van der Waals surface area contributed by atoms with E-state index in [0.717, 1.165) is 17.7 Å². The van der Waals surface area contributed by atoms with Crippen LogP contribution in [0.25, 0.3) is 0 Å². The molecule has 0 aliphatic heterocycles. The van der Waals surface area contributed by atoms with Gasteiger partial charge in [0.1, 0.15) is 23.1 Å². The van der Waals surface area contributed by atoms with Gasteiger partial charge in [-0.3, -0.25) is 4.79 Å². The molecule has 28 heavy (non-hydrogen) atoms. The number of benzene rings is 2. The standard InChI is InChI=1S/C21H20F2N4O/c1-14(2)27(13-15-6-4-3-5-7-15)20-12-24-19(11-25-20)21(28)26-18-9-8-16(22)10-17(18)23/h3-12,14H,13H2,1-2H3,(H,26,28). The molecule has 3 aromatic rings.